The largest absolute Gasteiger partial charge is 0.385 e. The minimum absolute atomic E-state index is 0.139. The van der Waals surface area contributed by atoms with Crippen LogP contribution >= 0.6 is 23.4 Å². The van der Waals surface area contributed by atoms with Crippen LogP contribution in [0.4, 0.5) is 5.69 Å². The summed E-state index contributed by atoms with van der Waals surface area (Å²) in [6.07, 6.45) is 0.692. The first-order valence-electron chi connectivity index (χ1n) is 7.34. The number of hydrogen-bond acceptors (Lipinski definition) is 5. The molecule has 0 aliphatic heterocycles. The van der Waals surface area contributed by atoms with E-state index in [-0.39, 0.29) is 17.3 Å². The van der Waals surface area contributed by atoms with Gasteiger partial charge in [0, 0.05) is 31.0 Å². The molecule has 7 nitrogen and oxygen atoms in total. The number of thioether (sulfide) groups is 1. The monoisotopic (exact) mass is 370 g/mol. The lowest BCUT2D eigenvalue weighted by atomic mass is 10.2. The Balaban J connectivity index is 1.91. The molecule has 0 saturated heterocycles. The maximum atomic E-state index is 12.0. The Bertz CT molecular complexity index is 759. The molecule has 0 spiro atoms. The maximum Gasteiger partial charge on any atom is 0.343 e. The molecule has 1 heterocycles. The molecule has 0 aliphatic rings. The van der Waals surface area contributed by atoms with Crippen molar-refractivity contribution in [1.29, 1.82) is 0 Å². The van der Waals surface area contributed by atoms with Gasteiger partial charge >= 0.3 is 5.69 Å². The highest BCUT2D eigenvalue weighted by Crippen LogP contribution is 2.20. The smallest absolute Gasteiger partial charge is 0.343 e. The molecule has 0 atom stereocenters. The number of anilines is 1. The number of carbonyl (C=O) groups is 1. The van der Waals surface area contributed by atoms with Crippen LogP contribution in [0.3, 0.4) is 0 Å². The van der Waals surface area contributed by atoms with Gasteiger partial charge in [0.2, 0.25) is 5.91 Å². The molecule has 9 heteroatoms. The molecule has 0 saturated carbocycles. The fraction of sp³-hybridized carbons (Fsp3) is 0.400. The zero-order chi connectivity index (χ0) is 17.5. The standard InChI is InChI=1S/C15H19ClN4O3S/c1-10-4-5-11(8-12(10)16)17-13(21)9-24-15-19-18-14(22)20(15)6-3-7-23-2/h4-5,8H,3,6-7,9H2,1-2H3,(H,17,21)(H,18,22). The number of H-pyrrole nitrogens is 1. The Kier molecular flexibility index (Phi) is 6.89. The van der Waals surface area contributed by atoms with Gasteiger partial charge in [-0.2, -0.15) is 0 Å². The van der Waals surface area contributed by atoms with E-state index in [0.29, 0.717) is 35.4 Å². The quantitative estimate of drug-likeness (QED) is 0.549. The fourth-order valence-corrected chi connectivity index (χ4v) is 2.93. The summed E-state index contributed by atoms with van der Waals surface area (Å²) in [7, 11) is 1.61. The summed E-state index contributed by atoms with van der Waals surface area (Å²) >= 11 is 7.23. The summed E-state index contributed by atoms with van der Waals surface area (Å²) in [6, 6.07) is 5.33. The second-order valence-electron chi connectivity index (χ2n) is 5.11. The van der Waals surface area contributed by atoms with E-state index >= 15 is 0 Å². The average molecular weight is 371 g/mol. The van der Waals surface area contributed by atoms with Gasteiger partial charge in [0.1, 0.15) is 0 Å². The zero-order valence-corrected chi connectivity index (χ0v) is 15.0. The van der Waals surface area contributed by atoms with Crippen molar-refractivity contribution >= 4 is 35.0 Å². The lowest BCUT2D eigenvalue weighted by molar-refractivity contribution is -0.113. The molecule has 1 amide bonds. The number of aromatic nitrogens is 3. The highest BCUT2D eigenvalue weighted by Gasteiger charge is 2.11. The molecule has 0 fully saturated rings. The van der Waals surface area contributed by atoms with E-state index in [4.69, 9.17) is 16.3 Å². The fourth-order valence-electron chi connectivity index (χ4n) is 1.98. The molecule has 2 N–H and O–H groups in total. The molecule has 1 aromatic carbocycles. The van der Waals surface area contributed by atoms with Crippen molar-refractivity contribution in [2.75, 3.05) is 24.8 Å². The number of benzene rings is 1. The van der Waals surface area contributed by atoms with Gasteiger partial charge in [0.15, 0.2) is 5.16 Å². The third-order valence-electron chi connectivity index (χ3n) is 3.24. The first-order chi connectivity index (χ1) is 11.5. The van der Waals surface area contributed by atoms with Crippen LogP contribution in [0.25, 0.3) is 0 Å². The molecule has 0 unspecified atom stereocenters. The number of methoxy groups -OCH3 is 1. The topological polar surface area (TPSA) is 89.0 Å². The van der Waals surface area contributed by atoms with E-state index in [2.05, 4.69) is 15.5 Å². The normalized spacial score (nSPS) is 10.8. The number of hydrogen-bond donors (Lipinski definition) is 2. The zero-order valence-electron chi connectivity index (χ0n) is 13.5. The number of aryl methyl sites for hydroxylation is 1. The maximum absolute atomic E-state index is 12.0. The Hall–Kier alpha value is -1.77. The Morgan fingerprint density at radius 1 is 1.50 bits per heavy atom. The summed E-state index contributed by atoms with van der Waals surface area (Å²) in [4.78, 5) is 23.8. The molecule has 130 valence electrons. The van der Waals surface area contributed by atoms with Crippen molar-refractivity contribution in [3.8, 4) is 0 Å². The van der Waals surface area contributed by atoms with E-state index in [9.17, 15) is 9.59 Å². The van der Waals surface area contributed by atoms with Crippen molar-refractivity contribution in [2.45, 2.75) is 25.0 Å². The average Bonchev–Trinajstić information content (AvgIpc) is 2.90. The van der Waals surface area contributed by atoms with Crippen LogP contribution in [0.5, 0.6) is 0 Å². The van der Waals surface area contributed by atoms with Gasteiger partial charge in [-0.3, -0.25) is 9.36 Å². The molecule has 24 heavy (non-hydrogen) atoms. The summed E-state index contributed by atoms with van der Waals surface area (Å²) in [5, 5.41) is 10.2. The molecule has 0 radical (unpaired) electrons. The summed E-state index contributed by atoms with van der Waals surface area (Å²) < 4.78 is 6.47. The van der Waals surface area contributed by atoms with Gasteiger partial charge in [0.25, 0.3) is 0 Å². The van der Waals surface area contributed by atoms with Crippen LogP contribution in [-0.4, -0.2) is 40.1 Å². The predicted octanol–water partition coefficient (Wildman–Crippen LogP) is 2.30. The number of carbonyl (C=O) groups excluding carboxylic acids is 1. The van der Waals surface area contributed by atoms with E-state index in [1.54, 1.807) is 19.2 Å². The highest BCUT2D eigenvalue weighted by atomic mass is 35.5. The Morgan fingerprint density at radius 3 is 3.00 bits per heavy atom. The highest BCUT2D eigenvalue weighted by molar-refractivity contribution is 7.99. The molecular formula is C15H19ClN4O3S. The number of aromatic amines is 1. The summed E-state index contributed by atoms with van der Waals surface area (Å²) in [6.45, 7) is 2.93. The van der Waals surface area contributed by atoms with Crippen LogP contribution in [0.15, 0.2) is 28.2 Å². The van der Waals surface area contributed by atoms with E-state index in [1.165, 1.54) is 16.3 Å². The van der Waals surface area contributed by atoms with Gasteiger partial charge < -0.3 is 10.1 Å². The SMILES string of the molecule is COCCCn1c(SCC(=O)Nc2ccc(C)c(Cl)c2)n[nH]c1=O. The number of rotatable bonds is 8. The number of halogens is 1. The van der Waals surface area contributed by atoms with Crippen LogP contribution in [0.2, 0.25) is 5.02 Å². The van der Waals surface area contributed by atoms with Gasteiger partial charge in [-0.05, 0) is 31.0 Å². The number of nitrogens with zero attached hydrogens (tertiary/aromatic N) is 2. The number of amides is 1. The lowest BCUT2D eigenvalue weighted by Crippen LogP contribution is -2.19. The third kappa shape index (κ3) is 5.12. The second-order valence-corrected chi connectivity index (χ2v) is 6.46. The van der Waals surface area contributed by atoms with E-state index < -0.39 is 0 Å². The van der Waals surface area contributed by atoms with Crippen molar-refractivity contribution < 1.29 is 9.53 Å². The van der Waals surface area contributed by atoms with E-state index in [0.717, 1.165) is 5.56 Å². The second kappa shape index (κ2) is 8.91. The van der Waals surface area contributed by atoms with Gasteiger partial charge in [-0.1, -0.05) is 29.4 Å². The van der Waals surface area contributed by atoms with Gasteiger partial charge in [-0.25, -0.2) is 9.89 Å². The third-order valence-corrected chi connectivity index (χ3v) is 4.62. The van der Waals surface area contributed by atoms with Crippen molar-refractivity contribution in [1.82, 2.24) is 14.8 Å². The first kappa shape index (κ1) is 18.6. The first-order valence-corrected chi connectivity index (χ1v) is 8.70. The van der Waals surface area contributed by atoms with Crippen molar-refractivity contribution in [3.05, 3.63) is 39.3 Å². The van der Waals surface area contributed by atoms with Gasteiger partial charge in [-0.15, -0.1) is 5.10 Å². The molecule has 2 rings (SSSR count). The minimum atomic E-state index is -0.292. The Labute approximate surface area is 148 Å². The predicted molar refractivity (Wildman–Crippen MR) is 94.9 cm³/mol. The minimum Gasteiger partial charge on any atom is -0.385 e. The van der Waals surface area contributed by atoms with Crippen LogP contribution in [0.1, 0.15) is 12.0 Å². The van der Waals surface area contributed by atoms with Crippen molar-refractivity contribution in [3.63, 3.8) is 0 Å². The molecule has 1 aromatic heterocycles. The number of nitrogens with one attached hydrogen (secondary N) is 2. The lowest BCUT2D eigenvalue weighted by Gasteiger charge is -2.07. The molecule has 0 aliphatic carbocycles. The summed E-state index contributed by atoms with van der Waals surface area (Å²) in [5.74, 6) is -0.0566. The number of ether oxygens (including phenoxy) is 1. The van der Waals surface area contributed by atoms with Crippen LogP contribution < -0.4 is 11.0 Å². The molecule has 2 aromatic rings. The van der Waals surface area contributed by atoms with Gasteiger partial charge in [0.05, 0.1) is 5.75 Å². The van der Waals surface area contributed by atoms with Crippen molar-refractivity contribution in [2.24, 2.45) is 0 Å². The molecular weight excluding hydrogens is 352 g/mol. The summed E-state index contributed by atoms with van der Waals surface area (Å²) in [5.41, 5.74) is 1.29. The molecule has 0 bridgehead atoms. The van der Waals surface area contributed by atoms with E-state index in [1.807, 2.05) is 13.0 Å². The van der Waals surface area contributed by atoms with Crippen LogP contribution in [-0.2, 0) is 16.1 Å². The van der Waals surface area contributed by atoms with Crippen LogP contribution in [0, 0.1) is 6.92 Å². The Morgan fingerprint density at radius 2 is 2.29 bits per heavy atom.